The second-order valence-corrected chi connectivity index (χ2v) is 9.84. The van der Waals surface area contributed by atoms with Gasteiger partial charge in [0, 0.05) is 16.1 Å². The molecule has 0 radical (unpaired) electrons. The second-order valence-electron chi connectivity index (χ2n) is 7.13. The summed E-state index contributed by atoms with van der Waals surface area (Å²) in [6.45, 7) is -0.318. The smallest absolute Gasteiger partial charge is 0.251 e. The third kappa shape index (κ3) is 5.17. The molecular weight excluding hydrogens is 426 g/mol. The van der Waals surface area contributed by atoms with Crippen molar-refractivity contribution < 1.29 is 18.0 Å². The Hall–Kier alpha value is -2.89. The number of benzene rings is 2. The maximum absolute atomic E-state index is 12.3. The van der Waals surface area contributed by atoms with Gasteiger partial charge in [-0.25, -0.2) is 8.42 Å². The summed E-state index contributed by atoms with van der Waals surface area (Å²) in [5.74, 6) is -1.28. The van der Waals surface area contributed by atoms with Gasteiger partial charge in [0.2, 0.25) is 5.91 Å². The molecule has 1 aliphatic heterocycles. The van der Waals surface area contributed by atoms with Crippen molar-refractivity contribution in [3.8, 4) is 17.2 Å². The predicted molar refractivity (Wildman–Crippen MR) is 114 cm³/mol. The molecule has 2 aromatic carbocycles. The van der Waals surface area contributed by atoms with Crippen LogP contribution in [0.4, 0.5) is 0 Å². The average Bonchev–Trinajstić information content (AvgIpc) is 2.74. The van der Waals surface area contributed by atoms with Crippen molar-refractivity contribution in [1.82, 2.24) is 10.6 Å². The molecule has 3 rings (SSSR count). The number of carbonyl (C=O) groups is 2. The normalized spacial score (nSPS) is 16.8. The molecule has 0 saturated carbocycles. The summed E-state index contributed by atoms with van der Waals surface area (Å²) in [7, 11) is -3.17. The van der Waals surface area contributed by atoms with Crippen LogP contribution < -0.4 is 10.6 Å². The molecule has 2 N–H and O–H groups in total. The Labute approximate surface area is 180 Å². The third-order valence-corrected chi connectivity index (χ3v) is 7.00. The van der Waals surface area contributed by atoms with E-state index in [1.807, 2.05) is 24.3 Å². The van der Waals surface area contributed by atoms with Crippen LogP contribution in [0.1, 0.15) is 23.2 Å². The first kappa shape index (κ1) is 21.8. The topological polar surface area (TPSA) is 116 Å². The van der Waals surface area contributed by atoms with Crippen molar-refractivity contribution in [2.75, 3.05) is 18.1 Å². The fourth-order valence-corrected chi connectivity index (χ4v) is 4.99. The average molecular weight is 446 g/mol. The van der Waals surface area contributed by atoms with Gasteiger partial charge in [-0.15, -0.1) is 0 Å². The number of halogens is 1. The summed E-state index contributed by atoms with van der Waals surface area (Å²) in [6.07, 6.45) is 0.0735. The molecule has 0 spiro atoms. The van der Waals surface area contributed by atoms with Gasteiger partial charge in [-0.3, -0.25) is 9.59 Å². The van der Waals surface area contributed by atoms with E-state index in [2.05, 4.69) is 10.6 Å². The molecule has 2 amide bonds. The van der Waals surface area contributed by atoms with Crippen molar-refractivity contribution in [3.05, 3.63) is 59.1 Å². The van der Waals surface area contributed by atoms with Gasteiger partial charge in [0.1, 0.15) is 5.54 Å². The Kier molecular flexibility index (Phi) is 6.44. The molecule has 0 unspecified atom stereocenters. The third-order valence-electron chi connectivity index (χ3n) is 5.01. The molecule has 1 aliphatic rings. The number of hydrogen-bond acceptors (Lipinski definition) is 5. The summed E-state index contributed by atoms with van der Waals surface area (Å²) >= 11 is 6.18. The minimum absolute atomic E-state index is 0.0367. The highest BCUT2D eigenvalue weighted by Gasteiger charge is 2.38. The molecule has 156 valence electrons. The minimum atomic E-state index is -3.17. The monoisotopic (exact) mass is 445 g/mol. The van der Waals surface area contributed by atoms with Crippen molar-refractivity contribution in [2.45, 2.75) is 18.4 Å². The maximum atomic E-state index is 12.3. The first-order valence-electron chi connectivity index (χ1n) is 9.29. The molecule has 30 heavy (non-hydrogen) atoms. The van der Waals surface area contributed by atoms with Crippen LogP contribution in [-0.2, 0) is 14.6 Å². The Morgan fingerprint density at radius 2 is 1.70 bits per heavy atom. The van der Waals surface area contributed by atoms with Gasteiger partial charge in [-0.2, -0.15) is 5.26 Å². The molecule has 1 heterocycles. The number of nitriles is 1. The number of hydrogen-bond donors (Lipinski definition) is 2. The van der Waals surface area contributed by atoms with Crippen LogP contribution in [0.25, 0.3) is 11.1 Å². The number of amides is 2. The number of carbonyl (C=O) groups excluding carboxylic acids is 2. The van der Waals surface area contributed by atoms with E-state index in [-0.39, 0.29) is 30.9 Å². The first-order valence-corrected chi connectivity index (χ1v) is 11.5. The van der Waals surface area contributed by atoms with Gasteiger partial charge >= 0.3 is 0 Å². The van der Waals surface area contributed by atoms with E-state index in [1.54, 1.807) is 30.3 Å². The van der Waals surface area contributed by atoms with Crippen molar-refractivity contribution >= 4 is 33.3 Å². The Morgan fingerprint density at radius 1 is 1.07 bits per heavy atom. The van der Waals surface area contributed by atoms with E-state index in [1.165, 1.54) is 0 Å². The highest BCUT2D eigenvalue weighted by Crippen LogP contribution is 2.27. The fraction of sp³-hybridized carbons (Fsp3) is 0.286. The van der Waals surface area contributed by atoms with E-state index in [4.69, 9.17) is 11.6 Å². The van der Waals surface area contributed by atoms with Gasteiger partial charge in [0.15, 0.2) is 9.84 Å². The molecule has 0 atom stereocenters. The number of rotatable bonds is 5. The summed E-state index contributed by atoms with van der Waals surface area (Å²) in [5.41, 5.74) is 0.862. The van der Waals surface area contributed by atoms with E-state index in [9.17, 15) is 23.3 Å². The van der Waals surface area contributed by atoms with Crippen LogP contribution in [0.15, 0.2) is 48.5 Å². The van der Waals surface area contributed by atoms with Crippen LogP contribution in [0.3, 0.4) is 0 Å². The van der Waals surface area contributed by atoms with Crippen molar-refractivity contribution in [2.24, 2.45) is 0 Å². The second kappa shape index (κ2) is 8.86. The molecule has 0 bridgehead atoms. The highest BCUT2D eigenvalue weighted by molar-refractivity contribution is 7.91. The van der Waals surface area contributed by atoms with Gasteiger partial charge in [0.25, 0.3) is 5.91 Å². The fourth-order valence-electron chi connectivity index (χ4n) is 3.22. The summed E-state index contributed by atoms with van der Waals surface area (Å²) < 4.78 is 23.1. The summed E-state index contributed by atoms with van der Waals surface area (Å²) in [6, 6.07) is 16.2. The van der Waals surface area contributed by atoms with Gasteiger partial charge in [-0.1, -0.05) is 41.9 Å². The molecular formula is C21H20ClN3O4S. The van der Waals surface area contributed by atoms with Gasteiger partial charge in [0.05, 0.1) is 24.1 Å². The van der Waals surface area contributed by atoms with Crippen LogP contribution in [0, 0.1) is 11.3 Å². The van der Waals surface area contributed by atoms with Gasteiger partial charge in [-0.05, 0) is 36.6 Å². The largest absolute Gasteiger partial charge is 0.343 e. The van der Waals surface area contributed by atoms with Crippen LogP contribution >= 0.6 is 11.6 Å². The number of sulfone groups is 1. The summed E-state index contributed by atoms with van der Waals surface area (Å²) in [5, 5.41) is 15.1. The molecule has 2 aromatic rings. The molecule has 0 aliphatic carbocycles. The van der Waals surface area contributed by atoms with Crippen LogP contribution in [0.5, 0.6) is 0 Å². The number of nitrogens with one attached hydrogen (secondary N) is 2. The maximum Gasteiger partial charge on any atom is 0.251 e. The summed E-state index contributed by atoms with van der Waals surface area (Å²) in [4.78, 5) is 24.5. The molecule has 7 nitrogen and oxygen atoms in total. The quantitative estimate of drug-likeness (QED) is 0.732. The predicted octanol–water partition coefficient (Wildman–Crippen LogP) is 2.32. The molecule has 0 aromatic heterocycles. The van der Waals surface area contributed by atoms with Crippen LogP contribution in [0.2, 0.25) is 5.02 Å². The lowest BCUT2D eigenvalue weighted by molar-refractivity contribution is -0.121. The van der Waals surface area contributed by atoms with E-state index < -0.39 is 27.2 Å². The molecule has 9 heteroatoms. The van der Waals surface area contributed by atoms with Gasteiger partial charge < -0.3 is 10.6 Å². The van der Waals surface area contributed by atoms with E-state index in [0.717, 1.165) is 11.1 Å². The Balaban J connectivity index is 1.57. The standard InChI is InChI=1S/C21H20ClN3O4S/c22-18-4-2-1-3-17(18)15-5-7-16(8-6-15)20(27)24-13-19(26)25-21(14-23)9-11-30(28,29)12-10-21/h1-8H,9-13H2,(H,24,27)(H,25,26). The lowest BCUT2D eigenvalue weighted by atomic mass is 9.94. The lowest BCUT2D eigenvalue weighted by Crippen LogP contribution is -2.54. The Bertz CT molecular complexity index is 1090. The van der Waals surface area contributed by atoms with E-state index in [0.29, 0.717) is 10.6 Å². The minimum Gasteiger partial charge on any atom is -0.343 e. The molecule has 1 fully saturated rings. The zero-order valence-corrected chi connectivity index (χ0v) is 17.6. The van der Waals surface area contributed by atoms with Crippen molar-refractivity contribution in [3.63, 3.8) is 0 Å². The van der Waals surface area contributed by atoms with Crippen LogP contribution in [-0.4, -0.2) is 43.8 Å². The highest BCUT2D eigenvalue weighted by atomic mass is 35.5. The lowest BCUT2D eigenvalue weighted by Gasteiger charge is -2.31. The van der Waals surface area contributed by atoms with E-state index >= 15 is 0 Å². The Morgan fingerprint density at radius 3 is 2.30 bits per heavy atom. The SMILES string of the molecule is N#CC1(NC(=O)CNC(=O)c2ccc(-c3ccccc3Cl)cc2)CCS(=O)(=O)CC1. The zero-order valence-electron chi connectivity index (χ0n) is 16.0. The zero-order chi connectivity index (χ0) is 21.8. The molecule has 1 saturated heterocycles. The number of nitrogens with zero attached hydrogens (tertiary/aromatic N) is 1. The first-order chi connectivity index (χ1) is 14.2. The van der Waals surface area contributed by atoms with Crippen molar-refractivity contribution in [1.29, 1.82) is 5.26 Å².